The highest BCUT2D eigenvalue weighted by Crippen LogP contribution is 2.13. The third-order valence-corrected chi connectivity index (χ3v) is 1.59. The summed E-state index contributed by atoms with van der Waals surface area (Å²) in [5, 5.41) is 4.75. The molecule has 1 aliphatic heterocycles. The summed E-state index contributed by atoms with van der Waals surface area (Å²) in [4.78, 5) is 0. The van der Waals surface area contributed by atoms with Gasteiger partial charge in [0.25, 0.3) is 0 Å². The minimum atomic E-state index is 1.48. The molecule has 1 N–H and O–H groups in total. The van der Waals surface area contributed by atoms with Crippen LogP contribution in [0.1, 0.15) is 0 Å². The second-order valence-electron chi connectivity index (χ2n) is 0.539. The largest absolute Gasteiger partial charge is 0.200 e. The van der Waals surface area contributed by atoms with Crippen molar-refractivity contribution in [2.45, 2.75) is 0 Å². The minimum absolute atomic E-state index is 1.48. The first-order valence-electron chi connectivity index (χ1n) is 1.14. The van der Waals surface area contributed by atoms with Crippen molar-refractivity contribution >= 4 is 23.9 Å². The van der Waals surface area contributed by atoms with Crippen molar-refractivity contribution < 1.29 is 0 Å². The average molecular weight is 104 g/mol. The molecule has 0 fully saturated rings. The molecule has 0 unspecified atom stereocenters. The quantitative estimate of drug-likeness (QED) is 0.463. The maximum Gasteiger partial charge on any atom is 0.0467 e. The highest BCUT2D eigenvalue weighted by molar-refractivity contribution is 8.17. The Morgan fingerprint density at radius 2 is 2.80 bits per heavy atom. The van der Waals surface area contributed by atoms with Crippen molar-refractivity contribution in [2.24, 2.45) is 0 Å². The summed E-state index contributed by atoms with van der Waals surface area (Å²) in [7, 11) is 0. The Labute approximate surface area is 39.5 Å². The molecule has 1 rings (SSSR count). The van der Waals surface area contributed by atoms with Gasteiger partial charge in [0.1, 0.15) is 0 Å². The van der Waals surface area contributed by atoms with Crippen LogP contribution in [0.5, 0.6) is 0 Å². The first-order valence-corrected chi connectivity index (χ1v) is 2.83. The second-order valence-corrected chi connectivity index (χ2v) is 2.12. The zero-order chi connectivity index (χ0) is 3.54. The van der Waals surface area contributed by atoms with Gasteiger partial charge in [-0.25, -0.2) is 0 Å². The molecule has 5 heavy (non-hydrogen) atoms. The van der Waals surface area contributed by atoms with Crippen LogP contribution >= 0.6 is 23.9 Å². The van der Waals surface area contributed by atoms with Crippen molar-refractivity contribution in [3.05, 3.63) is 10.8 Å². The Hall–Kier alpha value is 0.400. The lowest BCUT2D eigenvalue weighted by atomic mass is 11.3. The van der Waals surface area contributed by atoms with E-state index >= 15 is 0 Å². The predicted octanol–water partition coefficient (Wildman–Crippen LogP) is 1.16. The summed E-state index contributed by atoms with van der Waals surface area (Å²) in [6.07, 6.45) is 0. The third kappa shape index (κ3) is 0.869. The van der Waals surface area contributed by atoms with Gasteiger partial charge in [-0.2, -0.15) is 4.13 Å². The van der Waals surface area contributed by atoms with Gasteiger partial charge in [-0.15, -0.1) is 0 Å². The van der Waals surface area contributed by atoms with Crippen LogP contribution in [0.3, 0.4) is 0 Å². The maximum absolute atomic E-state index is 2.89. The molecule has 0 saturated carbocycles. The number of hydrogen-bond donors (Lipinski definition) is 1. The summed E-state index contributed by atoms with van der Waals surface area (Å²) in [5.41, 5.74) is 0. The molecule has 1 aliphatic rings. The first-order chi connectivity index (χ1) is 2.50. The summed E-state index contributed by atoms with van der Waals surface area (Å²) < 4.78 is 2.89. The molecule has 0 amide bonds. The fraction of sp³-hybridized carbons (Fsp3) is 0. The Balaban J connectivity index is 2.32. The van der Waals surface area contributed by atoms with Crippen molar-refractivity contribution in [2.75, 3.05) is 0 Å². The lowest BCUT2D eigenvalue weighted by Crippen LogP contribution is -1.72. The van der Waals surface area contributed by atoms with Crippen LogP contribution in [-0.2, 0) is 0 Å². The van der Waals surface area contributed by atoms with E-state index in [-0.39, 0.29) is 0 Å². The molecule has 0 spiro atoms. The number of hydrogen-bond acceptors (Lipinski definition) is 3. The van der Waals surface area contributed by atoms with E-state index in [2.05, 4.69) is 9.54 Å². The van der Waals surface area contributed by atoms with Crippen LogP contribution in [-0.4, -0.2) is 0 Å². The third-order valence-electron chi connectivity index (χ3n) is 0.256. The second kappa shape index (κ2) is 1.74. The summed E-state index contributed by atoms with van der Waals surface area (Å²) in [6, 6.07) is 0. The van der Waals surface area contributed by atoms with E-state index in [0.717, 1.165) is 0 Å². The molecule has 0 aromatic rings. The maximum atomic E-state index is 2.89. The molecule has 27 valence electrons. The van der Waals surface area contributed by atoms with E-state index in [1.807, 2.05) is 5.41 Å². The molecule has 3 heteroatoms. The molecule has 0 aromatic heterocycles. The molecule has 1 nitrogen and oxygen atoms in total. The lowest BCUT2D eigenvalue weighted by Gasteiger charge is -1.74. The van der Waals surface area contributed by atoms with Gasteiger partial charge in [-0.1, -0.05) is 0 Å². The smallest absolute Gasteiger partial charge is 0.0467 e. The SMILES string of the molecule is [C]1=CSNS1. The monoisotopic (exact) mass is 104 g/mol. The fourth-order valence-corrected chi connectivity index (χ4v) is 1.08. The van der Waals surface area contributed by atoms with Crippen LogP contribution in [0.4, 0.5) is 0 Å². The van der Waals surface area contributed by atoms with E-state index in [9.17, 15) is 0 Å². The van der Waals surface area contributed by atoms with E-state index in [0.29, 0.717) is 0 Å². The molecule has 0 saturated heterocycles. The average Bonchev–Trinajstić information content (AvgIpc) is 1.76. The Bertz CT molecular complexity index is 45.6. The van der Waals surface area contributed by atoms with Gasteiger partial charge in [0.15, 0.2) is 0 Å². The lowest BCUT2D eigenvalue weighted by molar-refractivity contribution is 1.80. The van der Waals surface area contributed by atoms with Crippen LogP contribution in [0, 0.1) is 5.41 Å². The van der Waals surface area contributed by atoms with Crippen molar-refractivity contribution in [3.8, 4) is 0 Å². The fourth-order valence-electron chi connectivity index (χ4n) is 0.120. The van der Waals surface area contributed by atoms with Crippen molar-refractivity contribution in [3.63, 3.8) is 0 Å². The minimum Gasteiger partial charge on any atom is -0.200 e. The van der Waals surface area contributed by atoms with Gasteiger partial charge in [0.05, 0.1) is 0 Å². The van der Waals surface area contributed by atoms with E-state index in [1.165, 1.54) is 11.9 Å². The van der Waals surface area contributed by atoms with Crippen molar-refractivity contribution in [1.29, 1.82) is 0 Å². The van der Waals surface area contributed by atoms with Gasteiger partial charge >= 0.3 is 0 Å². The van der Waals surface area contributed by atoms with Crippen molar-refractivity contribution in [1.82, 2.24) is 4.13 Å². The summed E-state index contributed by atoms with van der Waals surface area (Å²) in [5.74, 6) is 0. The zero-order valence-electron chi connectivity index (χ0n) is 2.39. The van der Waals surface area contributed by atoms with Gasteiger partial charge in [-0.3, -0.25) is 0 Å². The molecule has 1 heterocycles. The topological polar surface area (TPSA) is 12.0 Å². The van der Waals surface area contributed by atoms with Crippen LogP contribution in [0.25, 0.3) is 0 Å². The highest BCUT2D eigenvalue weighted by atomic mass is 32.2. The molecular weight excluding hydrogens is 102 g/mol. The zero-order valence-corrected chi connectivity index (χ0v) is 4.03. The molecule has 0 aliphatic carbocycles. The first kappa shape index (κ1) is 3.59. The van der Waals surface area contributed by atoms with Gasteiger partial charge in [0.2, 0.25) is 0 Å². The number of nitrogens with one attached hydrogen (secondary N) is 1. The summed E-state index contributed by atoms with van der Waals surface area (Å²) in [6.45, 7) is 0. The molecular formula is C2H2NS2. The Morgan fingerprint density at radius 3 is 3.00 bits per heavy atom. The van der Waals surface area contributed by atoms with Crippen LogP contribution < -0.4 is 4.13 Å². The van der Waals surface area contributed by atoms with E-state index < -0.39 is 0 Å². The van der Waals surface area contributed by atoms with E-state index in [4.69, 9.17) is 0 Å². The predicted molar refractivity (Wildman–Crippen MR) is 26.1 cm³/mol. The van der Waals surface area contributed by atoms with E-state index in [1.54, 1.807) is 11.9 Å². The molecule has 0 bridgehead atoms. The van der Waals surface area contributed by atoms with Gasteiger partial charge < -0.3 is 0 Å². The summed E-state index contributed by atoms with van der Waals surface area (Å²) >= 11 is 3.03. The molecule has 0 atom stereocenters. The number of rotatable bonds is 0. The van der Waals surface area contributed by atoms with Crippen LogP contribution in [0.2, 0.25) is 0 Å². The van der Waals surface area contributed by atoms with Gasteiger partial charge in [0, 0.05) is 10.8 Å². The Morgan fingerprint density at radius 1 is 1.80 bits per heavy atom. The van der Waals surface area contributed by atoms with Crippen LogP contribution in [0.15, 0.2) is 5.41 Å². The Kier molecular flexibility index (Phi) is 1.25. The normalized spacial score (nSPS) is 20.8. The van der Waals surface area contributed by atoms with Gasteiger partial charge in [-0.05, 0) is 23.9 Å². The highest BCUT2D eigenvalue weighted by Gasteiger charge is 1.84. The molecule has 1 radical (unpaired) electrons. The molecule has 0 aromatic carbocycles. The standard InChI is InChI=1S/C2H2NS2/c1-2-5-3-4-1/h1,3H.